The molecule has 0 N–H and O–H groups in total. The SMILES string of the molecule is CCOc1nc2ccc(S(=O)(=O)Cl)cc2o1. The molecular weight excluding hydrogens is 254 g/mol. The standard InChI is InChI=1S/C9H8ClNO4S/c1-2-14-9-11-7-4-3-6(16(10,12)13)5-8(7)15-9/h3-5H,2H2,1H3. The van der Waals surface area contributed by atoms with E-state index in [0.29, 0.717) is 17.7 Å². The van der Waals surface area contributed by atoms with Crippen LogP contribution in [-0.4, -0.2) is 20.0 Å². The van der Waals surface area contributed by atoms with Gasteiger partial charge in [-0.3, -0.25) is 0 Å². The van der Waals surface area contributed by atoms with E-state index in [1.165, 1.54) is 18.2 Å². The Morgan fingerprint density at radius 1 is 1.50 bits per heavy atom. The Morgan fingerprint density at radius 3 is 2.88 bits per heavy atom. The molecule has 0 unspecified atom stereocenters. The fourth-order valence-corrected chi connectivity index (χ4v) is 1.99. The largest absolute Gasteiger partial charge is 0.450 e. The van der Waals surface area contributed by atoms with Gasteiger partial charge in [-0.2, -0.15) is 4.98 Å². The molecule has 1 heterocycles. The van der Waals surface area contributed by atoms with Crippen LogP contribution in [0.2, 0.25) is 0 Å². The molecule has 0 aliphatic heterocycles. The molecule has 5 nitrogen and oxygen atoms in total. The molecule has 0 atom stereocenters. The van der Waals surface area contributed by atoms with Crippen LogP contribution in [0.25, 0.3) is 11.1 Å². The van der Waals surface area contributed by atoms with E-state index < -0.39 is 9.05 Å². The van der Waals surface area contributed by atoms with E-state index in [0.717, 1.165) is 0 Å². The quantitative estimate of drug-likeness (QED) is 0.792. The number of fused-ring (bicyclic) bond motifs is 1. The average Bonchev–Trinajstić information content (AvgIpc) is 2.57. The molecule has 2 aromatic rings. The van der Waals surface area contributed by atoms with Gasteiger partial charge >= 0.3 is 6.08 Å². The second-order valence-electron chi connectivity index (χ2n) is 2.98. The summed E-state index contributed by atoms with van der Waals surface area (Å²) in [7, 11) is 1.45. The van der Waals surface area contributed by atoms with Crippen molar-refractivity contribution in [1.82, 2.24) is 4.98 Å². The molecule has 0 bridgehead atoms. The van der Waals surface area contributed by atoms with E-state index in [1.807, 2.05) is 0 Å². The zero-order valence-corrected chi connectivity index (χ0v) is 9.88. The number of rotatable bonds is 3. The minimum atomic E-state index is -3.75. The second kappa shape index (κ2) is 3.95. The van der Waals surface area contributed by atoms with Crippen LogP contribution in [0.3, 0.4) is 0 Å². The van der Waals surface area contributed by atoms with E-state index >= 15 is 0 Å². The second-order valence-corrected chi connectivity index (χ2v) is 5.55. The van der Waals surface area contributed by atoms with Crippen molar-refractivity contribution >= 4 is 30.8 Å². The van der Waals surface area contributed by atoms with Crippen molar-refractivity contribution in [3.8, 4) is 6.08 Å². The summed E-state index contributed by atoms with van der Waals surface area (Å²) in [5, 5.41) is 0. The first-order valence-electron chi connectivity index (χ1n) is 4.49. The van der Waals surface area contributed by atoms with Gasteiger partial charge in [0, 0.05) is 16.7 Å². The fraction of sp³-hybridized carbons (Fsp3) is 0.222. The molecule has 2 rings (SSSR count). The lowest BCUT2D eigenvalue weighted by atomic mass is 10.3. The molecule has 86 valence electrons. The van der Waals surface area contributed by atoms with Crippen molar-refractivity contribution < 1.29 is 17.6 Å². The highest BCUT2D eigenvalue weighted by Gasteiger charge is 2.13. The van der Waals surface area contributed by atoms with Crippen LogP contribution in [0.15, 0.2) is 27.5 Å². The predicted octanol–water partition coefficient (Wildman–Crippen LogP) is 2.15. The maximum Gasteiger partial charge on any atom is 0.394 e. The lowest BCUT2D eigenvalue weighted by molar-refractivity contribution is 0.251. The molecule has 0 saturated carbocycles. The van der Waals surface area contributed by atoms with Gasteiger partial charge in [0.2, 0.25) is 0 Å². The van der Waals surface area contributed by atoms with Crippen LogP contribution >= 0.6 is 10.7 Å². The highest BCUT2D eigenvalue weighted by atomic mass is 35.7. The molecule has 0 radical (unpaired) electrons. The number of hydrogen-bond donors (Lipinski definition) is 0. The summed E-state index contributed by atoms with van der Waals surface area (Å²) in [6.45, 7) is 2.22. The summed E-state index contributed by atoms with van der Waals surface area (Å²) in [6.07, 6.45) is 0.113. The van der Waals surface area contributed by atoms with E-state index in [4.69, 9.17) is 19.8 Å². The monoisotopic (exact) mass is 261 g/mol. The average molecular weight is 262 g/mol. The highest BCUT2D eigenvalue weighted by molar-refractivity contribution is 8.13. The number of benzene rings is 1. The Bertz CT molecular complexity index is 619. The van der Waals surface area contributed by atoms with Crippen molar-refractivity contribution in [1.29, 1.82) is 0 Å². The van der Waals surface area contributed by atoms with Crippen LogP contribution in [-0.2, 0) is 9.05 Å². The zero-order valence-electron chi connectivity index (χ0n) is 8.31. The lowest BCUT2D eigenvalue weighted by Crippen LogP contribution is -1.90. The Kier molecular flexibility index (Phi) is 2.77. The summed E-state index contributed by atoms with van der Waals surface area (Å²) >= 11 is 0. The minimum absolute atomic E-state index is 0.0270. The van der Waals surface area contributed by atoms with Crippen LogP contribution in [0, 0.1) is 0 Å². The number of oxazole rings is 1. The highest BCUT2D eigenvalue weighted by Crippen LogP contribution is 2.24. The Labute approximate surface area is 96.4 Å². The molecule has 0 spiro atoms. The molecule has 1 aromatic carbocycles. The summed E-state index contributed by atoms with van der Waals surface area (Å²) in [4.78, 5) is 3.97. The first kappa shape index (κ1) is 11.2. The van der Waals surface area contributed by atoms with Crippen molar-refractivity contribution in [2.45, 2.75) is 11.8 Å². The van der Waals surface area contributed by atoms with E-state index in [-0.39, 0.29) is 11.0 Å². The van der Waals surface area contributed by atoms with Gasteiger partial charge in [-0.05, 0) is 19.1 Å². The number of ether oxygens (including phenoxy) is 1. The van der Waals surface area contributed by atoms with Gasteiger partial charge in [-0.25, -0.2) is 8.42 Å². The Balaban J connectivity index is 2.54. The van der Waals surface area contributed by atoms with Crippen molar-refractivity contribution in [2.24, 2.45) is 0 Å². The van der Waals surface area contributed by atoms with Crippen LogP contribution in [0.4, 0.5) is 0 Å². The topological polar surface area (TPSA) is 69.4 Å². The first-order chi connectivity index (χ1) is 7.50. The molecule has 1 aromatic heterocycles. The molecule has 0 amide bonds. The third-order valence-electron chi connectivity index (χ3n) is 1.89. The van der Waals surface area contributed by atoms with Gasteiger partial charge < -0.3 is 9.15 Å². The molecule has 16 heavy (non-hydrogen) atoms. The number of halogens is 1. The van der Waals surface area contributed by atoms with Gasteiger partial charge in [0.1, 0.15) is 5.52 Å². The van der Waals surface area contributed by atoms with Gasteiger partial charge in [0.15, 0.2) is 5.58 Å². The van der Waals surface area contributed by atoms with E-state index in [9.17, 15) is 8.42 Å². The lowest BCUT2D eigenvalue weighted by Gasteiger charge is -1.93. The summed E-state index contributed by atoms with van der Waals surface area (Å²) in [6, 6.07) is 4.19. The number of hydrogen-bond acceptors (Lipinski definition) is 5. The maximum atomic E-state index is 11.1. The molecule has 0 saturated heterocycles. The third-order valence-corrected chi connectivity index (χ3v) is 3.24. The van der Waals surface area contributed by atoms with Crippen molar-refractivity contribution in [3.63, 3.8) is 0 Å². The van der Waals surface area contributed by atoms with Crippen LogP contribution in [0.5, 0.6) is 6.08 Å². The van der Waals surface area contributed by atoms with Crippen LogP contribution < -0.4 is 4.74 Å². The Morgan fingerprint density at radius 2 is 2.25 bits per heavy atom. The molecular formula is C9H8ClNO4S. The molecule has 7 heteroatoms. The van der Waals surface area contributed by atoms with Crippen molar-refractivity contribution in [3.05, 3.63) is 18.2 Å². The third kappa shape index (κ3) is 2.12. The maximum absolute atomic E-state index is 11.1. The summed E-state index contributed by atoms with van der Waals surface area (Å²) in [5.74, 6) is 0. The van der Waals surface area contributed by atoms with Gasteiger partial charge in [-0.15, -0.1) is 0 Å². The van der Waals surface area contributed by atoms with E-state index in [2.05, 4.69) is 4.98 Å². The summed E-state index contributed by atoms with van der Waals surface area (Å²) in [5.41, 5.74) is 0.845. The predicted molar refractivity (Wildman–Crippen MR) is 58.2 cm³/mol. The van der Waals surface area contributed by atoms with Gasteiger partial charge in [-0.1, -0.05) is 0 Å². The normalized spacial score (nSPS) is 11.9. The van der Waals surface area contributed by atoms with Gasteiger partial charge in [0.05, 0.1) is 11.5 Å². The molecule has 0 aliphatic rings. The Hall–Kier alpha value is -1.27. The van der Waals surface area contributed by atoms with Crippen molar-refractivity contribution in [2.75, 3.05) is 6.61 Å². The minimum Gasteiger partial charge on any atom is -0.450 e. The number of aromatic nitrogens is 1. The fourth-order valence-electron chi connectivity index (χ4n) is 1.22. The summed E-state index contributed by atoms with van der Waals surface area (Å²) < 4.78 is 32.4. The zero-order chi connectivity index (χ0) is 11.8. The molecule has 0 aliphatic carbocycles. The molecule has 0 fully saturated rings. The van der Waals surface area contributed by atoms with Crippen LogP contribution in [0.1, 0.15) is 6.92 Å². The smallest absolute Gasteiger partial charge is 0.394 e. The number of nitrogens with zero attached hydrogens (tertiary/aromatic N) is 1. The van der Waals surface area contributed by atoms with Gasteiger partial charge in [0.25, 0.3) is 9.05 Å². The van der Waals surface area contributed by atoms with E-state index in [1.54, 1.807) is 6.92 Å². The first-order valence-corrected chi connectivity index (χ1v) is 6.79.